The number of hydrogen-bond donors (Lipinski definition) is 0. The van der Waals surface area contributed by atoms with Crippen LogP contribution in [0, 0.1) is 11.8 Å². The van der Waals surface area contributed by atoms with Crippen LogP contribution in [0.15, 0.2) is 42.5 Å². The van der Waals surface area contributed by atoms with Crippen LogP contribution >= 0.6 is 0 Å². The minimum atomic E-state index is 0.0616. The summed E-state index contributed by atoms with van der Waals surface area (Å²) in [7, 11) is 3.50. The Bertz CT molecular complexity index is 416. The van der Waals surface area contributed by atoms with Crippen LogP contribution in [0.3, 0.4) is 0 Å². The Balaban J connectivity index is 2.51. The van der Waals surface area contributed by atoms with Crippen LogP contribution in [0.25, 0.3) is 0 Å². The maximum atomic E-state index is 5.85. The van der Waals surface area contributed by atoms with E-state index in [1.807, 2.05) is 31.2 Å². The molecular weight excluding hydrogens is 276 g/mol. The Morgan fingerprint density at radius 1 is 1.05 bits per heavy atom. The summed E-state index contributed by atoms with van der Waals surface area (Å²) >= 11 is 0. The minimum Gasteiger partial charge on any atom is -0.381 e. The molecule has 4 atom stereocenters. The van der Waals surface area contributed by atoms with E-state index in [1.54, 1.807) is 14.2 Å². The molecule has 0 aliphatic heterocycles. The molecule has 1 aromatic rings. The fourth-order valence-corrected chi connectivity index (χ4v) is 2.84. The second-order valence-corrected chi connectivity index (χ2v) is 5.76. The predicted octanol–water partition coefficient (Wildman–Crippen LogP) is 4.08. The van der Waals surface area contributed by atoms with Gasteiger partial charge >= 0.3 is 0 Å². The Hall–Kier alpha value is -1.16. The van der Waals surface area contributed by atoms with Crippen molar-refractivity contribution in [3.63, 3.8) is 0 Å². The third-order valence-electron chi connectivity index (χ3n) is 4.02. The zero-order valence-corrected chi connectivity index (χ0v) is 14.5. The summed E-state index contributed by atoms with van der Waals surface area (Å²) in [6.07, 6.45) is 4.26. The highest BCUT2D eigenvalue weighted by Crippen LogP contribution is 2.22. The summed E-state index contributed by atoms with van der Waals surface area (Å²) in [6.45, 7) is 7.64. The van der Waals surface area contributed by atoms with Gasteiger partial charge in [-0.05, 0) is 12.5 Å². The largest absolute Gasteiger partial charge is 0.381 e. The zero-order valence-electron chi connectivity index (χ0n) is 14.5. The first kappa shape index (κ1) is 18.9. The topological polar surface area (TPSA) is 27.7 Å². The molecule has 3 heteroatoms. The standard InChI is InChI=1S/C19H30O3/c1-6-10-18(20-4)16(3)19(21-5)15(2)13-22-14-17-11-8-7-9-12-17/h6-12,15-16,18-19H,13-14H2,1-5H3/b10-6+/t15-,16+,18-,19-/m0/s1. The first-order chi connectivity index (χ1) is 10.6. The van der Waals surface area contributed by atoms with E-state index in [4.69, 9.17) is 14.2 Å². The van der Waals surface area contributed by atoms with Gasteiger partial charge in [-0.3, -0.25) is 0 Å². The Morgan fingerprint density at radius 2 is 1.73 bits per heavy atom. The lowest BCUT2D eigenvalue weighted by Crippen LogP contribution is -2.37. The molecule has 0 radical (unpaired) electrons. The molecule has 0 heterocycles. The highest BCUT2D eigenvalue weighted by atomic mass is 16.5. The lowest BCUT2D eigenvalue weighted by Gasteiger charge is -2.31. The molecule has 0 fully saturated rings. The summed E-state index contributed by atoms with van der Waals surface area (Å²) in [5.41, 5.74) is 1.19. The summed E-state index contributed by atoms with van der Waals surface area (Å²) < 4.78 is 17.1. The first-order valence-electron chi connectivity index (χ1n) is 7.94. The van der Waals surface area contributed by atoms with Crippen LogP contribution in [0.5, 0.6) is 0 Å². The van der Waals surface area contributed by atoms with Crippen LogP contribution in [-0.4, -0.2) is 33.0 Å². The molecule has 1 aromatic carbocycles. The summed E-state index contributed by atoms with van der Waals surface area (Å²) in [5, 5.41) is 0. The molecule has 0 saturated carbocycles. The van der Waals surface area contributed by atoms with E-state index in [9.17, 15) is 0 Å². The van der Waals surface area contributed by atoms with Gasteiger partial charge < -0.3 is 14.2 Å². The van der Waals surface area contributed by atoms with E-state index in [-0.39, 0.29) is 18.1 Å². The van der Waals surface area contributed by atoms with Gasteiger partial charge in [-0.1, -0.05) is 56.3 Å². The average Bonchev–Trinajstić information content (AvgIpc) is 2.54. The minimum absolute atomic E-state index is 0.0616. The molecule has 0 saturated heterocycles. The van der Waals surface area contributed by atoms with Crippen molar-refractivity contribution < 1.29 is 14.2 Å². The van der Waals surface area contributed by atoms with Crippen molar-refractivity contribution in [3.05, 3.63) is 48.0 Å². The quantitative estimate of drug-likeness (QED) is 0.610. The molecule has 3 nitrogen and oxygen atoms in total. The molecule has 0 aliphatic carbocycles. The average molecular weight is 306 g/mol. The van der Waals surface area contributed by atoms with Gasteiger partial charge in [0.25, 0.3) is 0 Å². The number of ether oxygens (including phenoxy) is 3. The number of hydrogen-bond acceptors (Lipinski definition) is 3. The van der Waals surface area contributed by atoms with Gasteiger partial charge in [0.2, 0.25) is 0 Å². The maximum Gasteiger partial charge on any atom is 0.0802 e. The van der Waals surface area contributed by atoms with E-state index in [0.717, 1.165) is 0 Å². The van der Waals surface area contributed by atoms with E-state index < -0.39 is 0 Å². The number of allylic oxidation sites excluding steroid dienone is 1. The van der Waals surface area contributed by atoms with E-state index in [0.29, 0.717) is 19.1 Å². The molecule has 0 aromatic heterocycles. The SMILES string of the molecule is C/C=C/[C@H](OC)[C@@H](C)[C@@H](OC)[C@@H](C)COCc1ccccc1. The Kier molecular flexibility index (Phi) is 9.05. The molecule has 124 valence electrons. The summed E-state index contributed by atoms with van der Waals surface area (Å²) in [6, 6.07) is 10.2. The molecule has 0 aliphatic rings. The maximum absolute atomic E-state index is 5.85. The van der Waals surface area contributed by atoms with Crippen LogP contribution in [0.2, 0.25) is 0 Å². The van der Waals surface area contributed by atoms with Crippen LogP contribution in [0.4, 0.5) is 0 Å². The van der Waals surface area contributed by atoms with Gasteiger partial charge in [0.05, 0.1) is 25.4 Å². The normalized spacial score (nSPS) is 17.3. The second-order valence-electron chi connectivity index (χ2n) is 5.76. The predicted molar refractivity (Wildman–Crippen MR) is 90.8 cm³/mol. The van der Waals surface area contributed by atoms with E-state index >= 15 is 0 Å². The van der Waals surface area contributed by atoms with Crippen LogP contribution < -0.4 is 0 Å². The molecule has 1 rings (SSSR count). The zero-order chi connectivity index (χ0) is 16.4. The van der Waals surface area contributed by atoms with Crippen LogP contribution in [0.1, 0.15) is 26.3 Å². The molecule has 0 unspecified atom stereocenters. The molecule has 0 N–H and O–H groups in total. The number of methoxy groups -OCH3 is 2. The van der Waals surface area contributed by atoms with Crippen molar-refractivity contribution in [2.24, 2.45) is 11.8 Å². The summed E-state index contributed by atoms with van der Waals surface area (Å²) in [5.74, 6) is 0.563. The Morgan fingerprint density at radius 3 is 2.27 bits per heavy atom. The molecule has 0 amide bonds. The molecular formula is C19H30O3. The van der Waals surface area contributed by atoms with Gasteiger partial charge in [0.1, 0.15) is 0 Å². The van der Waals surface area contributed by atoms with Crippen molar-refractivity contribution in [2.45, 2.75) is 39.6 Å². The first-order valence-corrected chi connectivity index (χ1v) is 7.94. The highest BCUT2D eigenvalue weighted by Gasteiger charge is 2.28. The molecule has 0 spiro atoms. The van der Waals surface area contributed by atoms with Gasteiger partial charge in [-0.2, -0.15) is 0 Å². The fourth-order valence-electron chi connectivity index (χ4n) is 2.84. The fraction of sp³-hybridized carbons (Fsp3) is 0.579. The van der Waals surface area contributed by atoms with Crippen molar-refractivity contribution >= 4 is 0 Å². The highest BCUT2D eigenvalue weighted by molar-refractivity contribution is 5.13. The van der Waals surface area contributed by atoms with Crippen LogP contribution in [-0.2, 0) is 20.8 Å². The van der Waals surface area contributed by atoms with Crippen molar-refractivity contribution in [2.75, 3.05) is 20.8 Å². The van der Waals surface area contributed by atoms with Crippen molar-refractivity contribution in [1.82, 2.24) is 0 Å². The Labute approximate surface area is 135 Å². The second kappa shape index (κ2) is 10.5. The number of rotatable bonds is 10. The summed E-state index contributed by atoms with van der Waals surface area (Å²) in [4.78, 5) is 0. The number of benzene rings is 1. The van der Waals surface area contributed by atoms with Crippen molar-refractivity contribution in [1.29, 1.82) is 0 Å². The molecule has 22 heavy (non-hydrogen) atoms. The van der Waals surface area contributed by atoms with Gasteiger partial charge in [-0.25, -0.2) is 0 Å². The van der Waals surface area contributed by atoms with Gasteiger partial charge in [-0.15, -0.1) is 0 Å². The van der Waals surface area contributed by atoms with E-state index in [1.165, 1.54) is 5.56 Å². The van der Waals surface area contributed by atoms with Gasteiger partial charge in [0, 0.05) is 26.1 Å². The third kappa shape index (κ3) is 5.91. The lowest BCUT2D eigenvalue weighted by molar-refractivity contribution is -0.0552. The smallest absolute Gasteiger partial charge is 0.0802 e. The van der Waals surface area contributed by atoms with Gasteiger partial charge in [0.15, 0.2) is 0 Å². The monoisotopic (exact) mass is 306 g/mol. The molecule has 0 bridgehead atoms. The van der Waals surface area contributed by atoms with E-state index in [2.05, 4.69) is 32.1 Å². The van der Waals surface area contributed by atoms with Crippen molar-refractivity contribution in [3.8, 4) is 0 Å². The third-order valence-corrected chi connectivity index (χ3v) is 4.02. The lowest BCUT2D eigenvalue weighted by atomic mass is 9.89.